The lowest BCUT2D eigenvalue weighted by Crippen LogP contribution is -2.32. The van der Waals surface area contributed by atoms with E-state index in [-0.39, 0.29) is 42.7 Å². The molecule has 0 aromatic heterocycles. The van der Waals surface area contributed by atoms with Crippen LogP contribution in [-0.2, 0) is 6.54 Å². The Morgan fingerprint density at radius 2 is 1.80 bits per heavy atom. The lowest BCUT2D eigenvalue weighted by atomic mass is 10.1. The van der Waals surface area contributed by atoms with E-state index in [1.54, 1.807) is 47.4 Å². The van der Waals surface area contributed by atoms with Crippen molar-refractivity contribution in [1.29, 1.82) is 0 Å². The summed E-state index contributed by atoms with van der Waals surface area (Å²) in [6.07, 6.45) is 0.768. The first-order valence-corrected chi connectivity index (χ1v) is 9.75. The van der Waals surface area contributed by atoms with Crippen LogP contribution in [0.1, 0.15) is 50.0 Å². The molecule has 3 amide bonds. The van der Waals surface area contributed by atoms with Crippen LogP contribution in [0.5, 0.6) is 5.75 Å². The number of hydrogen-bond acceptors (Lipinski definition) is 5. The smallest absolute Gasteiger partial charge is 0.261 e. The largest absolute Gasteiger partial charge is 0.493 e. The van der Waals surface area contributed by atoms with Crippen LogP contribution in [0.3, 0.4) is 0 Å². The molecule has 30 heavy (non-hydrogen) atoms. The second-order valence-electron chi connectivity index (χ2n) is 7.31. The van der Waals surface area contributed by atoms with Crippen molar-refractivity contribution in [2.75, 3.05) is 19.7 Å². The van der Waals surface area contributed by atoms with Gasteiger partial charge >= 0.3 is 0 Å². The summed E-state index contributed by atoms with van der Waals surface area (Å²) in [6, 6.07) is 12.0. The summed E-state index contributed by atoms with van der Waals surface area (Å²) in [4.78, 5) is 41.2. The first-order valence-electron chi connectivity index (χ1n) is 9.75. The van der Waals surface area contributed by atoms with E-state index in [1.807, 2.05) is 6.92 Å². The molecule has 0 aliphatic carbocycles. The molecule has 0 bridgehead atoms. The van der Waals surface area contributed by atoms with Crippen molar-refractivity contribution < 1.29 is 19.1 Å². The van der Waals surface area contributed by atoms with Gasteiger partial charge in [0, 0.05) is 19.1 Å². The Kier molecular flexibility index (Phi) is 6.43. The Balaban J connectivity index is 0.00000256. The topological polar surface area (TPSA) is 92.9 Å². The number of imide groups is 1. The van der Waals surface area contributed by atoms with Gasteiger partial charge in [-0.25, -0.2) is 0 Å². The maximum absolute atomic E-state index is 13.0. The van der Waals surface area contributed by atoms with Crippen LogP contribution in [0.4, 0.5) is 0 Å². The van der Waals surface area contributed by atoms with Gasteiger partial charge in [-0.15, -0.1) is 12.4 Å². The molecule has 1 atom stereocenters. The van der Waals surface area contributed by atoms with E-state index in [0.29, 0.717) is 47.7 Å². The van der Waals surface area contributed by atoms with Gasteiger partial charge in [0.05, 0.1) is 29.8 Å². The van der Waals surface area contributed by atoms with Gasteiger partial charge in [0.25, 0.3) is 17.7 Å². The van der Waals surface area contributed by atoms with Crippen LogP contribution in [0.2, 0.25) is 0 Å². The molecular formula is C22H24ClN3O4. The maximum Gasteiger partial charge on any atom is 0.261 e. The highest BCUT2D eigenvalue weighted by atomic mass is 35.5. The first kappa shape index (κ1) is 21.8. The summed E-state index contributed by atoms with van der Waals surface area (Å²) in [7, 11) is 0. The zero-order valence-electron chi connectivity index (χ0n) is 16.7. The van der Waals surface area contributed by atoms with Crippen molar-refractivity contribution in [3.8, 4) is 5.75 Å². The first-order chi connectivity index (χ1) is 14.0. The summed E-state index contributed by atoms with van der Waals surface area (Å²) in [6.45, 7) is 3.49. The van der Waals surface area contributed by atoms with Crippen LogP contribution in [0.15, 0.2) is 42.5 Å². The lowest BCUT2D eigenvalue weighted by Gasteiger charge is -2.20. The number of ether oxygens (including phenoxy) is 1. The monoisotopic (exact) mass is 429 g/mol. The van der Waals surface area contributed by atoms with Gasteiger partial charge in [0.15, 0.2) is 0 Å². The summed E-state index contributed by atoms with van der Waals surface area (Å²) >= 11 is 0. The fourth-order valence-corrected chi connectivity index (χ4v) is 3.83. The molecule has 7 nitrogen and oxygen atoms in total. The zero-order chi connectivity index (χ0) is 20.5. The molecule has 0 saturated carbocycles. The van der Waals surface area contributed by atoms with Crippen molar-refractivity contribution in [2.24, 2.45) is 5.73 Å². The number of benzene rings is 2. The number of nitrogens with zero attached hydrogens (tertiary/aromatic N) is 2. The Bertz CT molecular complexity index is 959. The number of hydrogen-bond donors (Lipinski definition) is 1. The molecule has 2 aromatic carbocycles. The lowest BCUT2D eigenvalue weighted by molar-refractivity contribution is 0.0642. The molecule has 0 unspecified atom stereocenters. The molecule has 2 aromatic rings. The molecule has 158 valence electrons. The van der Waals surface area contributed by atoms with Gasteiger partial charge in [-0.05, 0) is 43.2 Å². The van der Waals surface area contributed by atoms with E-state index in [9.17, 15) is 14.4 Å². The highest BCUT2D eigenvalue weighted by Crippen LogP contribution is 2.28. The Morgan fingerprint density at radius 3 is 2.37 bits per heavy atom. The van der Waals surface area contributed by atoms with E-state index in [0.717, 1.165) is 6.42 Å². The quantitative estimate of drug-likeness (QED) is 0.737. The second kappa shape index (κ2) is 8.85. The van der Waals surface area contributed by atoms with E-state index < -0.39 is 0 Å². The zero-order valence-corrected chi connectivity index (χ0v) is 17.5. The fourth-order valence-electron chi connectivity index (χ4n) is 3.83. The summed E-state index contributed by atoms with van der Waals surface area (Å²) in [5.74, 6) is -0.301. The van der Waals surface area contributed by atoms with Gasteiger partial charge in [-0.2, -0.15) is 0 Å². The van der Waals surface area contributed by atoms with Crippen LogP contribution >= 0.6 is 12.4 Å². The standard InChI is InChI=1S/C22H23N3O4.ClH/c1-2-29-19-8-7-14(11-18(19)20(26)24-10-9-15(23)13-24)12-25-21(27)16-5-3-4-6-17(16)22(25)28;/h3-8,11,15H,2,9-10,12-13,23H2,1H3;1H/t15-;/m1./s1. The van der Waals surface area contributed by atoms with Crippen molar-refractivity contribution in [2.45, 2.75) is 25.9 Å². The van der Waals surface area contributed by atoms with Crippen molar-refractivity contribution in [3.05, 3.63) is 64.7 Å². The average Bonchev–Trinajstić information content (AvgIpc) is 3.26. The number of rotatable bonds is 5. The normalized spacial score (nSPS) is 17.7. The molecule has 2 aliphatic rings. The third kappa shape index (κ3) is 3.91. The number of fused-ring (bicyclic) bond motifs is 1. The average molecular weight is 430 g/mol. The number of carbonyl (C=O) groups is 3. The number of amides is 3. The predicted octanol–water partition coefficient (Wildman–Crippen LogP) is 2.48. The Morgan fingerprint density at radius 1 is 1.13 bits per heavy atom. The van der Waals surface area contributed by atoms with Crippen molar-refractivity contribution in [1.82, 2.24) is 9.80 Å². The second-order valence-corrected chi connectivity index (χ2v) is 7.31. The molecule has 1 fully saturated rings. The van der Waals surface area contributed by atoms with Crippen molar-refractivity contribution in [3.63, 3.8) is 0 Å². The molecule has 1 saturated heterocycles. The molecule has 2 heterocycles. The minimum atomic E-state index is -0.321. The molecule has 2 aliphatic heterocycles. The maximum atomic E-state index is 13.0. The summed E-state index contributed by atoms with van der Waals surface area (Å²) in [5.41, 5.74) is 7.87. The Labute approximate surface area is 181 Å². The molecule has 4 rings (SSSR count). The van der Waals surface area contributed by atoms with Gasteiger partial charge in [-0.1, -0.05) is 18.2 Å². The van der Waals surface area contributed by atoms with Gasteiger partial charge in [0.2, 0.25) is 0 Å². The van der Waals surface area contributed by atoms with Crippen LogP contribution in [-0.4, -0.2) is 53.3 Å². The fraction of sp³-hybridized carbons (Fsp3) is 0.318. The van der Waals surface area contributed by atoms with Crippen LogP contribution < -0.4 is 10.5 Å². The number of carbonyl (C=O) groups excluding carboxylic acids is 3. The van der Waals surface area contributed by atoms with E-state index in [1.165, 1.54) is 4.90 Å². The number of nitrogens with two attached hydrogens (primary N) is 1. The van der Waals surface area contributed by atoms with E-state index in [2.05, 4.69) is 0 Å². The molecule has 0 spiro atoms. The minimum Gasteiger partial charge on any atom is -0.493 e. The van der Waals surface area contributed by atoms with Gasteiger partial charge < -0.3 is 15.4 Å². The predicted molar refractivity (Wildman–Crippen MR) is 114 cm³/mol. The van der Waals surface area contributed by atoms with Crippen LogP contribution in [0.25, 0.3) is 0 Å². The molecule has 2 N–H and O–H groups in total. The van der Waals surface area contributed by atoms with E-state index >= 15 is 0 Å². The van der Waals surface area contributed by atoms with Crippen molar-refractivity contribution >= 4 is 30.1 Å². The summed E-state index contributed by atoms with van der Waals surface area (Å²) in [5, 5.41) is 0. The minimum absolute atomic E-state index is 0. The molecule has 0 radical (unpaired) electrons. The summed E-state index contributed by atoms with van der Waals surface area (Å²) < 4.78 is 5.64. The highest BCUT2D eigenvalue weighted by molar-refractivity contribution is 6.21. The molecule has 8 heteroatoms. The third-order valence-corrected chi connectivity index (χ3v) is 5.31. The SMILES string of the molecule is CCOc1ccc(CN2C(=O)c3ccccc3C2=O)cc1C(=O)N1CC[C@@H](N)C1.Cl. The number of likely N-dealkylation sites (tertiary alicyclic amines) is 1. The van der Waals surface area contributed by atoms with Crippen LogP contribution in [0, 0.1) is 0 Å². The van der Waals surface area contributed by atoms with Gasteiger partial charge in [0.1, 0.15) is 5.75 Å². The highest BCUT2D eigenvalue weighted by Gasteiger charge is 2.35. The number of halogens is 1. The molecular weight excluding hydrogens is 406 g/mol. The third-order valence-electron chi connectivity index (χ3n) is 5.31. The van der Waals surface area contributed by atoms with Gasteiger partial charge in [-0.3, -0.25) is 19.3 Å². The van der Waals surface area contributed by atoms with E-state index in [4.69, 9.17) is 10.5 Å². The Hall–Kier alpha value is -2.90.